The van der Waals surface area contributed by atoms with Gasteiger partial charge in [0.25, 0.3) is 0 Å². The van der Waals surface area contributed by atoms with Crippen molar-refractivity contribution in [2.45, 2.75) is 78.6 Å². The summed E-state index contributed by atoms with van der Waals surface area (Å²) in [5.74, 6) is 3.75. The molecular weight excluding hydrogens is 1080 g/mol. The smallest absolute Gasteiger partial charge is 0.386 e. The summed E-state index contributed by atoms with van der Waals surface area (Å²) in [6, 6.07) is 75.5. The number of hydrogen-bond donors (Lipinski definition) is 0. The van der Waals surface area contributed by atoms with Crippen LogP contribution in [0.3, 0.4) is 0 Å². The van der Waals surface area contributed by atoms with Crippen molar-refractivity contribution in [3.8, 4) is 51.7 Å². The number of phosphoric ester groups is 3. The average Bonchev–Trinajstić information content (AvgIpc) is 3.43. The van der Waals surface area contributed by atoms with Gasteiger partial charge in [-0.15, -0.1) is 0 Å². The molecule has 0 aliphatic carbocycles. The third kappa shape index (κ3) is 19.6. The van der Waals surface area contributed by atoms with Gasteiger partial charge in [0.05, 0.1) is 0 Å². The van der Waals surface area contributed by atoms with E-state index in [0.29, 0.717) is 51.7 Å². The molecule has 12 nitrogen and oxygen atoms in total. The summed E-state index contributed by atoms with van der Waals surface area (Å²) >= 11 is 0. The van der Waals surface area contributed by atoms with Gasteiger partial charge < -0.3 is 40.7 Å². The highest BCUT2D eigenvalue weighted by Gasteiger charge is 2.37. The maximum atomic E-state index is 13.5. The van der Waals surface area contributed by atoms with Crippen LogP contribution in [0.2, 0.25) is 0 Å². The molecule has 0 aliphatic rings. The molecule has 0 spiro atoms. The molecule has 0 saturated heterocycles. The van der Waals surface area contributed by atoms with Gasteiger partial charge in [0.15, 0.2) is 0 Å². The molecule has 420 valence electrons. The summed E-state index contributed by atoms with van der Waals surface area (Å²) < 4.78 is 91.5. The summed E-state index contributed by atoms with van der Waals surface area (Å²) in [6.07, 6.45) is 0. The lowest BCUT2D eigenvalue weighted by atomic mass is 9.86. The van der Waals surface area contributed by atoms with E-state index in [1.165, 1.54) is 0 Å². The molecule has 0 saturated carbocycles. The van der Waals surface area contributed by atoms with E-state index in [-0.39, 0.29) is 16.2 Å². The second-order valence-corrected chi connectivity index (χ2v) is 25.7. The summed E-state index contributed by atoms with van der Waals surface area (Å²) in [7, 11) is -11.9. The molecule has 9 rings (SSSR count). The fraction of sp³-hybridized carbons (Fsp3) is 0.182. The molecule has 9 aromatic carbocycles. The Hall–Kier alpha value is -8.13. The molecule has 15 heteroatoms. The molecule has 0 amide bonds. The zero-order valence-electron chi connectivity index (χ0n) is 47.0. The van der Waals surface area contributed by atoms with Crippen LogP contribution in [0.25, 0.3) is 0 Å². The van der Waals surface area contributed by atoms with Crippen molar-refractivity contribution in [2.75, 3.05) is 0 Å². The van der Waals surface area contributed by atoms with E-state index in [4.69, 9.17) is 40.7 Å². The van der Waals surface area contributed by atoms with E-state index in [1.807, 2.05) is 84.9 Å². The molecular formula is C66H69O12P3. The molecule has 0 heterocycles. The van der Waals surface area contributed by atoms with Crippen LogP contribution >= 0.6 is 23.5 Å². The van der Waals surface area contributed by atoms with Crippen LogP contribution in [0.5, 0.6) is 51.7 Å². The summed E-state index contributed by atoms with van der Waals surface area (Å²) in [5, 5.41) is 0. The predicted octanol–water partition coefficient (Wildman–Crippen LogP) is 19.9. The van der Waals surface area contributed by atoms with Crippen LogP contribution in [0.1, 0.15) is 79.0 Å². The van der Waals surface area contributed by atoms with Gasteiger partial charge in [-0.05, 0) is 131 Å². The molecule has 0 radical (unpaired) electrons. The van der Waals surface area contributed by atoms with E-state index in [9.17, 15) is 13.7 Å². The number of rotatable bonds is 18. The highest BCUT2D eigenvalue weighted by Crippen LogP contribution is 2.53. The standard InChI is InChI=1S/3C22H23O4P/c1-22(2,3)18-11-10-16-21(17-18)26-27(23,24-19-12-6-4-7-13-19)25-20-14-8-5-9-15-20;1-22(2,3)20-16-10-11-17-21(20)26-27(23,24-18-12-6-4-7-13-18)25-19-14-8-5-9-15-19;1-22(2,3)18-14-16-21(17-15-18)26-27(23,24-19-10-6-4-7-11-19)25-20-12-8-5-9-13-20/h3*4-17H,1-3H3. The quantitative estimate of drug-likeness (QED) is 0.0757. The zero-order valence-corrected chi connectivity index (χ0v) is 49.7. The Kier molecular flexibility index (Phi) is 20.4. The van der Waals surface area contributed by atoms with Gasteiger partial charge in [0.2, 0.25) is 0 Å². The summed E-state index contributed by atoms with van der Waals surface area (Å²) in [6.45, 7) is 18.9. The number of para-hydroxylation sites is 7. The molecule has 0 unspecified atom stereocenters. The molecule has 0 bridgehead atoms. The average molecular weight is 1150 g/mol. The lowest BCUT2D eigenvalue weighted by Crippen LogP contribution is -2.15. The van der Waals surface area contributed by atoms with E-state index in [0.717, 1.165) is 16.7 Å². The first-order valence-corrected chi connectivity index (χ1v) is 30.6. The van der Waals surface area contributed by atoms with Gasteiger partial charge in [-0.2, -0.15) is 13.7 Å². The highest BCUT2D eigenvalue weighted by atomic mass is 31.2. The Labute approximate surface area is 477 Å². The predicted molar refractivity (Wildman–Crippen MR) is 323 cm³/mol. The third-order valence-electron chi connectivity index (χ3n) is 11.5. The van der Waals surface area contributed by atoms with E-state index in [2.05, 4.69) is 62.3 Å². The SMILES string of the molecule is CC(C)(C)c1ccc(OP(=O)(Oc2ccccc2)Oc2ccccc2)cc1.CC(C)(C)c1cccc(OP(=O)(Oc2ccccc2)Oc2ccccc2)c1.CC(C)(C)c1ccccc1OP(=O)(Oc1ccccc1)Oc1ccccc1. The molecule has 9 aromatic rings. The van der Waals surface area contributed by atoms with Gasteiger partial charge in [-0.3, -0.25) is 0 Å². The molecule has 0 fully saturated rings. The van der Waals surface area contributed by atoms with Gasteiger partial charge in [-0.1, -0.05) is 214 Å². The Balaban J connectivity index is 0.000000175. The Morgan fingerprint density at radius 2 is 0.494 bits per heavy atom. The van der Waals surface area contributed by atoms with Crippen molar-refractivity contribution in [1.29, 1.82) is 0 Å². The van der Waals surface area contributed by atoms with Crippen molar-refractivity contribution < 1.29 is 54.4 Å². The van der Waals surface area contributed by atoms with E-state index in [1.54, 1.807) is 170 Å². The van der Waals surface area contributed by atoms with Gasteiger partial charge in [0, 0.05) is 5.56 Å². The topological polar surface area (TPSA) is 134 Å². The molecule has 0 aromatic heterocycles. The fourth-order valence-corrected chi connectivity index (χ4v) is 11.2. The van der Waals surface area contributed by atoms with Crippen LogP contribution in [0.15, 0.2) is 255 Å². The maximum absolute atomic E-state index is 13.5. The first-order valence-electron chi connectivity index (χ1n) is 26.2. The molecule has 0 atom stereocenters. The number of hydrogen-bond acceptors (Lipinski definition) is 12. The van der Waals surface area contributed by atoms with Crippen molar-refractivity contribution in [1.82, 2.24) is 0 Å². The molecule has 0 N–H and O–H groups in total. The fourth-order valence-electron chi connectivity index (χ4n) is 7.41. The normalized spacial score (nSPS) is 11.7. The van der Waals surface area contributed by atoms with Crippen LogP contribution in [-0.4, -0.2) is 0 Å². The second kappa shape index (κ2) is 27.4. The molecule has 81 heavy (non-hydrogen) atoms. The number of phosphoric acid groups is 3. The Morgan fingerprint density at radius 1 is 0.235 bits per heavy atom. The first-order chi connectivity index (χ1) is 38.5. The maximum Gasteiger partial charge on any atom is 0.647 e. The largest absolute Gasteiger partial charge is 0.647 e. The zero-order chi connectivity index (χ0) is 58.0. The lowest BCUT2D eigenvalue weighted by molar-refractivity contribution is 0.294. The van der Waals surface area contributed by atoms with Crippen molar-refractivity contribution in [3.05, 3.63) is 271 Å². The minimum absolute atomic E-state index is 0.0172. The summed E-state index contributed by atoms with van der Waals surface area (Å²) in [5.41, 5.74) is 2.89. The van der Waals surface area contributed by atoms with Gasteiger partial charge in [-0.25, -0.2) is 0 Å². The van der Waals surface area contributed by atoms with Crippen molar-refractivity contribution >= 4 is 23.5 Å². The lowest BCUT2D eigenvalue weighted by Gasteiger charge is -2.25. The van der Waals surface area contributed by atoms with Crippen LogP contribution in [0, 0.1) is 0 Å². The minimum Gasteiger partial charge on any atom is -0.386 e. The Morgan fingerprint density at radius 3 is 0.802 bits per heavy atom. The third-order valence-corrected chi connectivity index (χ3v) is 15.4. The molecule has 0 aliphatic heterocycles. The first kappa shape index (κ1) is 60.5. The van der Waals surface area contributed by atoms with E-state index >= 15 is 0 Å². The van der Waals surface area contributed by atoms with E-state index < -0.39 is 23.5 Å². The van der Waals surface area contributed by atoms with Gasteiger partial charge >= 0.3 is 23.5 Å². The van der Waals surface area contributed by atoms with Crippen molar-refractivity contribution in [2.24, 2.45) is 0 Å². The van der Waals surface area contributed by atoms with Gasteiger partial charge in [0.1, 0.15) is 51.7 Å². The van der Waals surface area contributed by atoms with Crippen LogP contribution in [0.4, 0.5) is 0 Å². The monoisotopic (exact) mass is 1150 g/mol. The second-order valence-electron chi connectivity index (χ2n) is 21.3. The van der Waals surface area contributed by atoms with Crippen LogP contribution < -0.4 is 40.7 Å². The Bertz CT molecular complexity index is 3340. The van der Waals surface area contributed by atoms with Crippen molar-refractivity contribution in [3.63, 3.8) is 0 Å². The highest BCUT2D eigenvalue weighted by molar-refractivity contribution is 7.50. The summed E-state index contributed by atoms with van der Waals surface area (Å²) in [4.78, 5) is 0. The number of benzene rings is 9. The minimum atomic E-state index is -3.98. The van der Waals surface area contributed by atoms with Crippen LogP contribution in [-0.2, 0) is 29.9 Å².